The number of carbonyl (C=O) groups is 1. The van der Waals surface area contributed by atoms with Gasteiger partial charge in [0.25, 0.3) is 5.91 Å². The second-order valence-electron chi connectivity index (χ2n) is 5.31. The maximum atomic E-state index is 14.1. The van der Waals surface area contributed by atoms with E-state index in [2.05, 4.69) is 15.0 Å². The minimum Gasteiger partial charge on any atom is -0.491 e. The summed E-state index contributed by atoms with van der Waals surface area (Å²) < 4.78 is 50.4. The fraction of sp³-hybridized carbons (Fsp3) is 0.111. The lowest BCUT2D eigenvalue weighted by Crippen LogP contribution is -2.24. The number of rotatable bonds is 5. The van der Waals surface area contributed by atoms with Crippen LogP contribution in [0.5, 0.6) is 5.75 Å². The topological polar surface area (TPSA) is 64.4 Å². The number of furan rings is 1. The predicted octanol–water partition coefficient (Wildman–Crippen LogP) is 3.70. The molecule has 2 aromatic heterocycles. The minimum atomic E-state index is -1.49. The molecule has 1 N–H and O–H groups in total. The highest BCUT2D eigenvalue weighted by molar-refractivity contribution is 5.95. The average Bonchev–Trinajstić information content (AvgIpc) is 3.18. The van der Waals surface area contributed by atoms with Gasteiger partial charge in [-0.15, -0.1) is 0 Å². The van der Waals surface area contributed by atoms with E-state index in [0.29, 0.717) is 17.3 Å². The van der Waals surface area contributed by atoms with Gasteiger partial charge < -0.3 is 14.5 Å². The van der Waals surface area contributed by atoms with E-state index in [4.69, 9.17) is 4.42 Å². The Morgan fingerprint density at radius 2 is 2.04 bits per heavy atom. The summed E-state index contributed by atoms with van der Waals surface area (Å²) in [5, 5.41) is 2.43. The summed E-state index contributed by atoms with van der Waals surface area (Å²) in [6.45, 7) is 0.0260. The lowest BCUT2D eigenvalue weighted by atomic mass is 10.1. The molecule has 3 rings (SSSR count). The van der Waals surface area contributed by atoms with Crippen LogP contribution in [0.3, 0.4) is 0 Å². The van der Waals surface area contributed by atoms with Gasteiger partial charge in [0.15, 0.2) is 17.4 Å². The molecule has 0 fully saturated rings. The van der Waals surface area contributed by atoms with Gasteiger partial charge >= 0.3 is 0 Å². The SMILES string of the molecule is COc1c(F)c(F)cc(C(=O)NCc2ccc(-c3ccoc3)nc2)c1F. The number of methoxy groups -OCH3 is 1. The number of amides is 1. The monoisotopic (exact) mass is 362 g/mol. The van der Waals surface area contributed by atoms with Crippen molar-refractivity contribution in [2.45, 2.75) is 6.54 Å². The molecule has 0 aliphatic rings. The highest BCUT2D eigenvalue weighted by atomic mass is 19.2. The summed E-state index contributed by atoms with van der Waals surface area (Å²) in [7, 11) is 0.982. The molecule has 0 saturated heterocycles. The smallest absolute Gasteiger partial charge is 0.254 e. The van der Waals surface area contributed by atoms with E-state index in [1.165, 1.54) is 12.5 Å². The Balaban J connectivity index is 1.72. The largest absolute Gasteiger partial charge is 0.491 e. The van der Waals surface area contributed by atoms with Crippen LogP contribution in [0, 0.1) is 17.5 Å². The molecule has 26 heavy (non-hydrogen) atoms. The van der Waals surface area contributed by atoms with Crippen LogP contribution in [-0.2, 0) is 6.54 Å². The van der Waals surface area contributed by atoms with E-state index in [9.17, 15) is 18.0 Å². The summed E-state index contributed by atoms with van der Waals surface area (Å²) in [6, 6.07) is 5.69. The van der Waals surface area contributed by atoms with Crippen LogP contribution in [0.4, 0.5) is 13.2 Å². The highest BCUT2D eigenvalue weighted by Gasteiger charge is 2.23. The number of nitrogens with one attached hydrogen (secondary N) is 1. The van der Waals surface area contributed by atoms with Gasteiger partial charge in [-0.25, -0.2) is 8.78 Å². The average molecular weight is 362 g/mol. The lowest BCUT2D eigenvalue weighted by Gasteiger charge is -2.10. The molecule has 0 radical (unpaired) electrons. The molecule has 3 aromatic rings. The number of halogens is 3. The van der Waals surface area contributed by atoms with Gasteiger partial charge in [0.1, 0.15) is 0 Å². The number of aromatic nitrogens is 1. The van der Waals surface area contributed by atoms with E-state index in [-0.39, 0.29) is 6.54 Å². The van der Waals surface area contributed by atoms with Crippen LogP contribution in [0.2, 0.25) is 0 Å². The number of benzene rings is 1. The van der Waals surface area contributed by atoms with Crippen LogP contribution in [0.25, 0.3) is 11.3 Å². The molecular formula is C18H13F3N2O3. The van der Waals surface area contributed by atoms with E-state index in [1.807, 2.05) is 0 Å². The Morgan fingerprint density at radius 1 is 1.23 bits per heavy atom. The first-order valence-corrected chi connectivity index (χ1v) is 7.48. The van der Waals surface area contributed by atoms with Crippen molar-refractivity contribution in [3.8, 4) is 17.0 Å². The van der Waals surface area contributed by atoms with Crippen LogP contribution in [0.1, 0.15) is 15.9 Å². The Morgan fingerprint density at radius 3 is 2.65 bits per heavy atom. The zero-order chi connectivity index (χ0) is 18.7. The van der Waals surface area contributed by atoms with Crippen LogP contribution < -0.4 is 10.1 Å². The number of carbonyl (C=O) groups excluding carboxylic acids is 1. The molecule has 0 aliphatic carbocycles. The standard InChI is InChI=1S/C18H13F3N2O3/c1-25-17-15(20)12(6-13(19)16(17)21)18(24)23-8-10-2-3-14(22-7-10)11-4-5-26-9-11/h2-7,9H,8H2,1H3,(H,23,24). The van der Waals surface area contributed by atoms with Crippen molar-refractivity contribution in [2.24, 2.45) is 0 Å². The number of hydrogen-bond donors (Lipinski definition) is 1. The van der Waals surface area contributed by atoms with Crippen molar-refractivity contribution < 1.29 is 27.1 Å². The number of hydrogen-bond acceptors (Lipinski definition) is 4. The number of nitrogens with zero attached hydrogens (tertiary/aromatic N) is 1. The first-order valence-electron chi connectivity index (χ1n) is 7.48. The Kier molecular flexibility index (Phi) is 4.92. The summed E-state index contributed by atoms with van der Waals surface area (Å²) >= 11 is 0. The maximum Gasteiger partial charge on any atom is 0.254 e. The zero-order valence-corrected chi connectivity index (χ0v) is 13.6. The molecule has 1 aromatic carbocycles. The van der Waals surface area contributed by atoms with E-state index in [1.54, 1.807) is 24.5 Å². The fourth-order valence-corrected chi connectivity index (χ4v) is 2.31. The third-order valence-electron chi connectivity index (χ3n) is 3.66. The lowest BCUT2D eigenvalue weighted by molar-refractivity contribution is 0.0945. The molecule has 0 aliphatic heterocycles. The predicted molar refractivity (Wildman–Crippen MR) is 86.0 cm³/mol. The maximum absolute atomic E-state index is 14.1. The Bertz CT molecular complexity index is 926. The summed E-state index contributed by atoms with van der Waals surface area (Å²) in [4.78, 5) is 16.3. The summed E-state index contributed by atoms with van der Waals surface area (Å²) in [5.41, 5.74) is 1.48. The van der Waals surface area contributed by atoms with Gasteiger partial charge in [-0.2, -0.15) is 4.39 Å². The fourth-order valence-electron chi connectivity index (χ4n) is 2.31. The first kappa shape index (κ1) is 17.5. The highest BCUT2D eigenvalue weighted by Crippen LogP contribution is 2.27. The van der Waals surface area contributed by atoms with Gasteiger partial charge in [-0.1, -0.05) is 6.07 Å². The van der Waals surface area contributed by atoms with Gasteiger partial charge in [0, 0.05) is 18.3 Å². The molecule has 1 amide bonds. The molecular weight excluding hydrogens is 349 g/mol. The molecule has 5 nitrogen and oxygen atoms in total. The second kappa shape index (κ2) is 7.30. The van der Waals surface area contributed by atoms with Crippen molar-refractivity contribution in [2.75, 3.05) is 7.11 Å². The third kappa shape index (κ3) is 3.39. The normalized spacial score (nSPS) is 10.6. The summed E-state index contributed by atoms with van der Waals surface area (Å²) in [5.74, 6) is -5.97. The molecule has 134 valence electrons. The van der Waals surface area contributed by atoms with Crippen molar-refractivity contribution >= 4 is 5.91 Å². The van der Waals surface area contributed by atoms with Crippen molar-refractivity contribution in [1.82, 2.24) is 10.3 Å². The molecule has 0 atom stereocenters. The van der Waals surface area contributed by atoms with Gasteiger partial charge in [-0.3, -0.25) is 9.78 Å². The Labute approximate surface area is 146 Å². The minimum absolute atomic E-state index is 0.0260. The van der Waals surface area contributed by atoms with E-state index < -0.39 is 34.7 Å². The van der Waals surface area contributed by atoms with Crippen LogP contribution >= 0.6 is 0 Å². The molecule has 8 heteroatoms. The molecule has 0 saturated carbocycles. The second-order valence-corrected chi connectivity index (χ2v) is 5.31. The first-order chi connectivity index (χ1) is 12.5. The number of ether oxygens (including phenoxy) is 1. The van der Waals surface area contributed by atoms with Crippen molar-refractivity contribution in [1.29, 1.82) is 0 Å². The van der Waals surface area contributed by atoms with Crippen molar-refractivity contribution in [3.63, 3.8) is 0 Å². The Hall–Kier alpha value is -3.29. The molecule has 0 spiro atoms. The quantitative estimate of drug-likeness (QED) is 0.703. The van der Waals surface area contributed by atoms with E-state index >= 15 is 0 Å². The van der Waals surface area contributed by atoms with Crippen LogP contribution in [0.15, 0.2) is 47.4 Å². The van der Waals surface area contributed by atoms with Gasteiger partial charge in [0.05, 0.1) is 30.9 Å². The zero-order valence-electron chi connectivity index (χ0n) is 13.6. The summed E-state index contributed by atoms with van der Waals surface area (Å²) in [6.07, 6.45) is 4.60. The number of pyridine rings is 1. The van der Waals surface area contributed by atoms with Crippen molar-refractivity contribution in [3.05, 3.63) is 71.6 Å². The van der Waals surface area contributed by atoms with Crippen LogP contribution in [-0.4, -0.2) is 18.0 Å². The van der Waals surface area contributed by atoms with Gasteiger partial charge in [0.2, 0.25) is 5.82 Å². The van der Waals surface area contributed by atoms with Gasteiger partial charge in [-0.05, 0) is 23.8 Å². The third-order valence-corrected chi connectivity index (χ3v) is 3.66. The molecule has 0 bridgehead atoms. The van der Waals surface area contributed by atoms with E-state index in [0.717, 1.165) is 12.7 Å². The molecule has 0 unspecified atom stereocenters. The molecule has 2 heterocycles.